The molecule has 0 aliphatic carbocycles. The maximum absolute atomic E-state index is 12.0. The Labute approximate surface area is 117 Å². The highest BCUT2D eigenvalue weighted by atomic mass is 32.2. The van der Waals surface area contributed by atoms with Gasteiger partial charge >= 0.3 is 11.9 Å². The van der Waals surface area contributed by atoms with Crippen LogP contribution in [0.15, 0.2) is 0 Å². The fourth-order valence-electron chi connectivity index (χ4n) is 1.04. The van der Waals surface area contributed by atoms with Crippen LogP contribution in [0.3, 0.4) is 0 Å². The minimum Gasteiger partial charge on any atom is -0.468 e. The molecule has 0 heterocycles. The summed E-state index contributed by atoms with van der Waals surface area (Å²) in [6.07, 6.45) is 0. The lowest BCUT2D eigenvalue weighted by atomic mass is 10.3. The maximum Gasteiger partial charge on any atom is 0.325 e. The van der Waals surface area contributed by atoms with Crippen LogP contribution in [-0.4, -0.2) is 60.6 Å². The molecule has 6 nitrogen and oxygen atoms in total. The lowest BCUT2D eigenvalue weighted by Gasteiger charge is -2.23. The Hall–Kier alpha value is -1.24. The van der Waals surface area contributed by atoms with Crippen molar-refractivity contribution < 1.29 is 23.9 Å². The van der Waals surface area contributed by atoms with E-state index in [0.717, 1.165) is 4.90 Å². The number of amides is 1. The molecule has 0 N–H and O–H groups in total. The number of rotatable bonds is 6. The number of methoxy groups -OCH3 is 2. The van der Waals surface area contributed by atoms with Crippen molar-refractivity contribution in [2.24, 2.45) is 0 Å². The monoisotopic (exact) mass is 291 g/mol. The number of hydrogen-bond acceptors (Lipinski definition) is 6. The van der Waals surface area contributed by atoms with Gasteiger partial charge in [0.25, 0.3) is 0 Å². The summed E-state index contributed by atoms with van der Waals surface area (Å²) in [6.45, 7) is 5.44. The normalized spacial score (nSPS) is 10.8. The molecule has 0 aromatic heterocycles. The third kappa shape index (κ3) is 8.47. The van der Waals surface area contributed by atoms with Gasteiger partial charge in [0.1, 0.15) is 13.1 Å². The molecule has 0 aromatic carbocycles. The van der Waals surface area contributed by atoms with Crippen molar-refractivity contribution in [3.8, 4) is 0 Å². The molecule has 0 saturated carbocycles. The molecule has 1 amide bonds. The summed E-state index contributed by atoms with van der Waals surface area (Å²) in [5.41, 5.74) is 0. The molecular formula is C12H21NO5S. The SMILES string of the molecule is COC(=O)CN(CC(=O)OC)C(=O)CSC(C)(C)C. The largest absolute Gasteiger partial charge is 0.468 e. The molecule has 0 saturated heterocycles. The maximum atomic E-state index is 12.0. The molecule has 7 heteroatoms. The average molecular weight is 291 g/mol. The van der Waals surface area contributed by atoms with Crippen LogP contribution < -0.4 is 0 Å². The van der Waals surface area contributed by atoms with Gasteiger partial charge in [-0.1, -0.05) is 20.8 Å². The van der Waals surface area contributed by atoms with Crippen molar-refractivity contribution in [3.63, 3.8) is 0 Å². The molecule has 0 aliphatic heterocycles. The zero-order valence-electron chi connectivity index (χ0n) is 12.0. The fraction of sp³-hybridized carbons (Fsp3) is 0.750. The smallest absolute Gasteiger partial charge is 0.325 e. The zero-order chi connectivity index (χ0) is 15.1. The van der Waals surface area contributed by atoms with Gasteiger partial charge in [-0.25, -0.2) is 0 Å². The summed E-state index contributed by atoms with van der Waals surface area (Å²) in [5.74, 6) is -1.25. The van der Waals surface area contributed by atoms with Crippen molar-refractivity contribution in [3.05, 3.63) is 0 Å². The predicted molar refractivity (Wildman–Crippen MR) is 72.8 cm³/mol. The topological polar surface area (TPSA) is 72.9 Å². The molecule has 0 spiro atoms. The van der Waals surface area contributed by atoms with E-state index in [4.69, 9.17) is 0 Å². The molecule has 19 heavy (non-hydrogen) atoms. The first kappa shape index (κ1) is 17.8. The quantitative estimate of drug-likeness (QED) is 0.671. The summed E-state index contributed by atoms with van der Waals surface area (Å²) in [7, 11) is 2.46. The van der Waals surface area contributed by atoms with Gasteiger partial charge in [-0.15, -0.1) is 11.8 Å². The van der Waals surface area contributed by atoms with Gasteiger partial charge in [0.15, 0.2) is 0 Å². The van der Waals surface area contributed by atoms with E-state index in [9.17, 15) is 14.4 Å². The van der Waals surface area contributed by atoms with E-state index in [0.29, 0.717) is 0 Å². The Morgan fingerprint density at radius 1 is 1.00 bits per heavy atom. The number of ether oxygens (including phenoxy) is 2. The van der Waals surface area contributed by atoms with Crippen LogP contribution in [0.25, 0.3) is 0 Å². The zero-order valence-corrected chi connectivity index (χ0v) is 12.8. The molecule has 0 unspecified atom stereocenters. The summed E-state index contributed by atoms with van der Waals surface area (Å²) in [4.78, 5) is 35.6. The summed E-state index contributed by atoms with van der Waals surface area (Å²) < 4.78 is 8.93. The molecule has 0 rings (SSSR count). The van der Waals surface area contributed by atoms with Crippen LogP contribution in [0.1, 0.15) is 20.8 Å². The first-order chi connectivity index (χ1) is 8.69. The van der Waals surface area contributed by atoms with Crippen LogP contribution in [0.4, 0.5) is 0 Å². The highest BCUT2D eigenvalue weighted by molar-refractivity contribution is 8.01. The van der Waals surface area contributed by atoms with E-state index >= 15 is 0 Å². The number of thioether (sulfide) groups is 1. The van der Waals surface area contributed by atoms with Crippen LogP contribution in [0.5, 0.6) is 0 Å². The van der Waals surface area contributed by atoms with Gasteiger partial charge in [-0.2, -0.15) is 0 Å². The summed E-state index contributed by atoms with van der Waals surface area (Å²) in [5, 5.41) is 0. The van der Waals surface area contributed by atoms with E-state index in [1.807, 2.05) is 20.8 Å². The lowest BCUT2D eigenvalue weighted by Crippen LogP contribution is -2.41. The molecule has 0 aliphatic rings. The van der Waals surface area contributed by atoms with Crippen LogP contribution in [0, 0.1) is 0 Å². The number of hydrogen-bond donors (Lipinski definition) is 0. The predicted octanol–water partition coefficient (Wildman–Crippen LogP) is 0.693. The first-order valence-corrected chi connectivity index (χ1v) is 6.73. The number of carbonyl (C=O) groups is 3. The van der Waals surface area contributed by atoms with Gasteiger partial charge < -0.3 is 14.4 Å². The third-order valence-electron chi connectivity index (χ3n) is 2.08. The Kier molecular flexibility index (Phi) is 7.51. The van der Waals surface area contributed by atoms with E-state index in [1.54, 1.807) is 0 Å². The summed E-state index contributed by atoms with van der Waals surface area (Å²) in [6, 6.07) is 0. The lowest BCUT2D eigenvalue weighted by molar-refractivity contribution is -0.151. The van der Waals surface area contributed by atoms with Crippen molar-refractivity contribution in [2.75, 3.05) is 33.1 Å². The second-order valence-corrected chi connectivity index (χ2v) is 6.61. The fourth-order valence-corrected chi connectivity index (χ4v) is 1.78. The highest BCUT2D eigenvalue weighted by Crippen LogP contribution is 2.23. The van der Waals surface area contributed by atoms with Gasteiger partial charge in [-0.3, -0.25) is 14.4 Å². The second-order valence-electron chi connectivity index (χ2n) is 4.80. The minimum atomic E-state index is -0.571. The number of esters is 2. The Balaban J connectivity index is 4.58. The number of carbonyl (C=O) groups excluding carboxylic acids is 3. The van der Waals surface area contributed by atoms with Gasteiger partial charge in [0, 0.05) is 4.75 Å². The molecule has 0 bridgehead atoms. The third-order valence-corrected chi connectivity index (χ3v) is 3.33. The standard InChI is InChI=1S/C12H21NO5S/c1-12(2,3)19-8-9(14)13(6-10(15)17-4)7-11(16)18-5/h6-8H2,1-5H3. The minimum absolute atomic E-state index is 0.0716. The Morgan fingerprint density at radius 2 is 1.42 bits per heavy atom. The van der Waals surface area contributed by atoms with Crippen LogP contribution in [-0.2, 0) is 23.9 Å². The van der Waals surface area contributed by atoms with Crippen molar-refractivity contribution in [2.45, 2.75) is 25.5 Å². The first-order valence-electron chi connectivity index (χ1n) is 5.75. The highest BCUT2D eigenvalue weighted by Gasteiger charge is 2.22. The van der Waals surface area contributed by atoms with Gasteiger partial charge in [0.05, 0.1) is 20.0 Å². The summed E-state index contributed by atoms with van der Waals surface area (Å²) >= 11 is 1.44. The van der Waals surface area contributed by atoms with Gasteiger partial charge in [-0.05, 0) is 0 Å². The molecule has 0 aromatic rings. The molecule has 0 atom stereocenters. The van der Waals surface area contributed by atoms with E-state index in [2.05, 4.69) is 9.47 Å². The second kappa shape index (κ2) is 8.04. The molecule has 110 valence electrons. The van der Waals surface area contributed by atoms with E-state index in [-0.39, 0.29) is 29.5 Å². The molecule has 0 radical (unpaired) electrons. The van der Waals surface area contributed by atoms with E-state index < -0.39 is 11.9 Å². The Bertz CT molecular complexity index is 320. The van der Waals surface area contributed by atoms with Crippen molar-refractivity contribution in [1.29, 1.82) is 0 Å². The van der Waals surface area contributed by atoms with E-state index in [1.165, 1.54) is 26.0 Å². The number of nitrogens with zero attached hydrogens (tertiary/aromatic N) is 1. The van der Waals surface area contributed by atoms with Crippen LogP contribution in [0.2, 0.25) is 0 Å². The van der Waals surface area contributed by atoms with Gasteiger partial charge in [0.2, 0.25) is 5.91 Å². The molecule has 0 fully saturated rings. The Morgan fingerprint density at radius 3 is 1.74 bits per heavy atom. The van der Waals surface area contributed by atoms with Crippen molar-refractivity contribution in [1.82, 2.24) is 4.90 Å². The molecular weight excluding hydrogens is 270 g/mol. The van der Waals surface area contributed by atoms with Crippen molar-refractivity contribution >= 4 is 29.6 Å². The van der Waals surface area contributed by atoms with Crippen LogP contribution >= 0.6 is 11.8 Å². The average Bonchev–Trinajstić information content (AvgIpc) is 2.33.